The lowest BCUT2D eigenvalue weighted by Crippen LogP contribution is -2.29. The summed E-state index contributed by atoms with van der Waals surface area (Å²) in [6.45, 7) is 5.08. The van der Waals surface area contributed by atoms with Crippen LogP contribution in [0.15, 0.2) is 0 Å². The van der Waals surface area contributed by atoms with Crippen molar-refractivity contribution in [1.29, 1.82) is 0 Å². The van der Waals surface area contributed by atoms with Crippen LogP contribution in [0, 0.1) is 35.5 Å². The van der Waals surface area contributed by atoms with Crippen LogP contribution in [0.1, 0.15) is 90.9 Å². The summed E-state index contributed by atoms with van der Waals surface area (Å²) < 4.78 is 0. The van der Waals surface area contributed by atoms with E-state index in [-0.39, 0.29) is 0 Å². The van der Waals surface area contributed by atoms with Gasteiger partial charge in [0.15, 0.2) is 0 Å². The monoisotopic (exact) mass is 276 g/mol. The van der Waals surface area contributed by atoms with Crippen LogP contribution in [0.25, 0.3) is 0 Å². The van der Waals surface area contributed by atoms with Gasteiger partial charge < -0.3 is 0 Å². The summed E-state index contributed by atoms with van der Waals surface area (Å²) in [5.74, 6) is 6.43. The second-order valence-corrected chi connectivity index (χ2v) is 8.61. The number of rotatable bonds is 5. The van der Waals surface area contributed by atoms with E-state index >= 15 is 0 Å². The first-order valence-corrected chi connectivity index (χ1v) is 9.74. The third-order valence-corrected chi connectivity index (χ3v) is 7.36. The zero-order chi connectivity index (χ0) is 13.9. The van der Waals surface area contributed by atoms with Gasteiger partial charge in [0.25, 0.3) is 0 Å². The van der Waals surface area contributed by atoms with Crippen molar-refractivity contribution < 1.29 is 0 Å². The molecule has 0 heterocycles. The van der Waals surface area contributed by atoms with Crippen molar-refractivity contribution in [2.75, 3.05) is 0 Å². The lowest BCUT2D eigenvalue weighted by molar-refractivity contribution is 0.118. The van der Waals surface area contributed by atoms with Crippen LogP contribution in [0.2, 0.25) is 0 Å². The van der Waals surface area contributed by atoms with E-state index in [1.165, 1.54) is 44.9 Å². The van der Waals surface area contributed by atoms with E-state index in [0.29, 0.717) is 0 Å². The minimum atomic E-state index is 1.02. The second-order valence-electron chi connectivity index (χ2n) is 8.61. The molecule has 0 spiro atoms. The quantitative estimate of drug-likeness (QED) is 0.541. The molecule has 0 heteroatoms. The SMILES string of the molecule is CC(CCC1CCC(C)C(C2CCCC2)C1)C1CCC1. The molecule has 0 saturated heterocycles. The molecule has 3 saturated carbocycles. The predicted octanol–water partition coefficient (Wildman–Crippen LogP) is 6.45. The van der Waals surface area contributed by atoms with E-state index in [4.69, 9.17) is 0 Å². The Morgan fingerprint density at radius 2 is 1.65 bits per heavy atom. The van der Waals surface area contributed by atoms with Gasteiger partial charge in [0.1, 0.15) is 0 Å². The highest BCUT2D eigenvalue weighted by Crippen LogP contribution is 2.46. The molecule has 3 fully saturated rings. The molecule has 20 heavy (non-hydrogen) atoms. The van der Waals surface area contributed by atoms with Crippen LogP contribution >= 0.6 is 0 Å². The summed E-state index contributed by atoms with van der Waals surface area (Å²) in [7, 11) is 0. The molecule has 0 aliphatic heterocycles. The van der Waals surface area contributed by atoms with Crippen molar-refractivity contribution in [2.45, 2.75) is 90.9 Å². The van der Waals surface area contributed by atoms with Gasteiger partial charge in [-0.3, -0.25) is 0 Å². The Morgan fingerprint density at radius 3 is 2.30 bits per heavy atom. The van der Waals surface area contributed by atoms with Gasteiger partial charge in [0.2, 0.25) is 0 Å². The molecule has 0 amide bonds. The average molecular weight is 277 g/mol. The molecule has 0 aromatic rings. The highest BCUT2D eigenvalue weighted by atomic mass is 14.4. The Morgan fingerprint density at radius 1 is 0.900 bits per heavy atom. The fraction of sp³-hybridized carbons (Fsp3) is 1.00. The van der Waals surface area contributed by atoms with Gasteiger partial charge in [0, 0.05) is 0 Å². The Labute approximate surface area is 127 Å². The topological polar surface area (TPSA) is 0 Å². The Balaban J connectivity index is 1.45. The second kappa shape index (κ2) is 6.84. The molecular weight excluding hydrogens is 240 g/mol. The molecule has 4 atom stereocenters. The molecule has 0 nitrogen and oxygen atoms in total. The van der Waals surface area contributed by atoms with Crippen LogP contribution < -0.4 is 0 Å². The van der Waals surface area contributed by atoms with E-state index in [2.05, 4.69) is 13.8 Å². The normalized spacial score (nSPS) is 37.8. The lowest BCUT2D eigenvalue weighted by Gasteiger charge is -2.39. The van der Waals surface area contributed by atoms with Crippen LogP contribution in [0.5, 0.6) is 0 Å². The molecule has 0 aromatic carbocycles. The third-order valence-electron chi connectivity index (χ3n) is 7.36. The Hall–Kier alpha value is 0. The first kappa shape index (κ1) is 14.9. The molecule has 3 aliphatic carbocycles. The maximum absolute atomic E-state index is 2.55. The fourth-order valence-electron chi connectivity index (χ4n) is 5.50. The third kappa shape index (κ3) is 3.42. The van der Waals surface area contributed by atoms with E-state index < -0.39 is 0 Å². The molecule has 4 unspecified atom stereocenters. The summed E-state index contributed by atoms with van der Waals surface area (Å²) >= 11 is 0. The van der Waals surface area contributed by atoms with Crippen molar-refractivity contribution in [1.82, 2.24) is 0 Å². The summed E-state index contributed by atoms with van der Waals surface area (Å²) in [4.78, 5) is 0. The highest BCUT2D eigenvalue weighted by molar-refractivity contribution is 4.85. The number of hydrogen-bond acceptors (Lipinski definition) is 0. The van der Waals surface area contributed by atoms with E-state index in [1.54, 1.807) is 32.1 Å². The molecular formula is C20H36. The first-order chi connectivity index (χ1) is 9.74. The molecule has 0 aromatic heterocycles. The highest BCUT2D eigenvalue weighted by Gasteiger charge is 2.34. The van der Waals surface area contributed by atoms with Gasteiger partial charge in [-0.15, -0.1) is 0 Å². The van der Waals surface area contributed by atoms with Gasteiger partial charge in [-0.25, -0.2) is 0 Å². The summed E-state index contributed by atoms with van der Waals surface area (Å²) in [6, 6.07) is 0. The largest absolute Gasteiger partial charge is 0.0622 e. The lowest BCUT2D eigenvalue weighted by atomic mass is 9.67. The Bertz CT molecular complexity index is 284. The summed E-state index contributed by atoms with van der Waals surface area (Å²) in [5.41, 5.74) is 0. The molecule has 116 valence electrons. The van der Waals surface area contributed by atoms with E-state index in [0.717, 1.165) is 35.5 Å². The molecule has 3 aliphatic rings. The maximum atomic E-state index is 2.55. The zero-order valence-electron chi connectivity index (χ0n) is 13.9. The van der Waals surface area contributed by atoms with Crippen LogP contribution in [0.4, 0.5) is 0 Å². The zero-order valence-corrected chi connectivity index (χ0v) is 13.9. The van der Waals surface area contributed by atoms with E-state index in [9.17, 15) is 0 Å². The van der Waals surface area contributed by atoms with E-state index in [1.807, 2.05) is 0 Å². The molecule has 3 rings (SSSR count). The van der Waals surface area contributed by atoms with Gasteiger partial charge >= 0.3 is 0 Å². The van der Waals surface area contributed by atoms with Crippen molar-refractivity contribution in [2.24, 2.45) is 35.5 Å². The van der Waals surface area contributed by atoms with Crippen LogP contribution in [-0.4, -0.2) is 0 Å². The smallest absolute Gasteiger partial charge is 0.0357 e. The summed E-state index contributed by atoms with van der Waals surface area (Å²) in [5, 5.41) is 0. The first-order valence-electron chi connectivity index (χ1n) is 9.74. The maximum Gasteiger partial charge on any atom is -0.0357 e. The summed E-state index contributed by atoms with van der Waals surface area (Å²) in [6.07, 6.45) is 18.5. The molecule has 0 N–H and O–H groups in total. The van der Waals surface area contributed by atoms with Gasteiger partial charge in [0.05, 0.1) is 0 Å². The minimum absolute atomic E-state index is 1.02. The van der Waals surface area contributed by atoms with Gasteiger partial charge in [-0.05, 0) is 41.9 Å². The van der Waals surface area contributed by atoms with Crippen LogP contribution in [0.3, 0.4) is 0 Å². The number of hydrogen-bond donors (Lipinski definition) is 0. The molecule has 0 bridgehead atoms. The van der Waals surface area contributed by atoms with Crippen molar-refractivity contribution in [3.63, 3.8) is 0 Å². The van der Waals surface area contributed by atoms with Gasteiger partial charge in [-0.2, -0.15) is 0 Å². The van der Waals surface area contributed by atoms with Crippen molar-refractivity contribution >= 4 is 0 Å². The van der Waals surface area contributed by atoms with Gasteiger partial charge in [-0.1, -0.05) is 84.5 Å². The van der Waals surface area contributed by atoms with Crippen LogP contribution in [-0.2, 0) is 0 Å². The minimum Gasteiger partial charge on any atom is -0.0622 e. The fourth-order valence-corrected chi connectivity index (χ4v) is 5.50. The van der Waals surface area contributed by atoms with Crippen molar-refractivity contribution in [3.8, 4) is 0 Å². The average Bonchev–Trinajstić information content (AvgIpc) is 2.89. The predicted molar refractivity (Wildman–Crippen MR) is 87.7 cm³/mol. The Kier molecular flexibility index (Phi) is 5.10. The molecule has 0 radical (unpaired) electrons. The standard InChI is InChI=1S/C20H36/c1-15(18-8-5-9-18)10-12-17-13-11-16(2)20(14-17)19-6-3-4-7-19/h15-20H,3-14H2,1-2H3. The van der Waals surface area contributed by atoms with Crippen molar-refractivity contribution in [3.05, 3.63) is 0 Å².